The minimum absolute atomic E-state index is 0.293. The summed E-state index contributed by atoms with van der Waals surface area (Å²) in [6, 6.07) is 45.6. The molecule has 0 bridgehead atoms. The Morgan fingerprint density at radius 3 is 1.76 bits per heavy atom. The third kappa shape index (κ3) is 7.83. The van der Waals surface area contributed by atoms with E-state index in [1.807, 2.05) is 24.3 Å². The largest absolute Gasteiger partial charge is 0.508 e. The highest BCUT2D eigenvalue weighted by molar-refractivity contribution is 7.95. The highest BCUT2D eigenvalue weighted by Crippen LogP contribution is 2.56. The zero-order valence-electron chi connectivity index (χ0n) is 26.2. The van der Waals surface area contributed by atoms with Crippen molar-refractivity contribution in [3.05, 3.63) is 164 Å². The number of aromatic hydroxyl groups is 1. The number of unbranched alkanes of at least 4 members (excludes halogenated alkanes) is 3. The first-order chi connectivity index (χ1) is 22.2. The molecular formula is C42H44O2P+. The monoisotopic (exact) mass is 611 g/mol. The number of hydrogen-bond donors (Lipinski definition) is 1. The molecule has 0 unspecified atom stereocenters. The fraction of sp³-hybridized carbons (Fsp3) is 0.190. The Bertz CT molecular complexity index is 1570. The van der Waals surface area contributed by atoms with Crippen molar-refractivity contribution in [1.82, 2.24) is 0 Å². The maximum absolute atomic E-state index is 10.3. The van der Waals surface area contributed by atoms with Crippen LogP contribution in [0.1, 0.15) is 36.8 Å². The molecule has 5 aromatic rings. The van der Waals surface area contributed by atoms with Gasteiger partial charge in [-0.05, 0) is 116 Å². The summed E-state index contributed by atoms with van der Waals surface area (Å²) >= 11 is 0. The summed E-state index contributed by atoms with van der Waals surface area (Å²) in [5, 5.41) is 14.7. The lowest BCUT2D eigenvalue weighted by molar-refractivity contribution is 0.306. The Labute approximate surface area is 270 Å². The Balaban J connectivity index is 1.26. The molecule has 0 radical (unpaired) electrons. The number of rotatable bonds is 16. The highest BCUT2D eigenvalue weighted by Gasteiger charge is 2.44. The lowest BCUT2D eigenvalue weighted by atomic mass is 9.97. The summed E-state index contributed by atoms with van der Waals surface area (Å²) in [5.74, 6) is 1.17. The van der Waals surface area contributed by atoms with E-state index in [-0.39, 0.29) is 0 Å². The van der Waals surface area contributed by atoms with E-state index in [0.717, 1.165) is 60.7 Å². The number of ether oxygens (including phenoxy) is 1. The maximum atomic E-state index is 10.3. The third-order valence-corrected chi connectivity index (χ3v) is 12.9. The molecule has 0 aliphatic carbocycles. The Morgan fingerprint density at radius 2 is 1.18 bits per heavy atom. The smallest absolute Gasteiger partial charge is 0.127 e. The van der Waals surface area contributed by atoms with Crippen molar-refractivity contribution in [3.8, 4) is 22.6 Å². The van der Waals surface area contributed by atoms with Crippen LogP contribution in [-0.4, -0.2) is 17.9 Å². The topological polar surface area (TPSA) is 29.5 Å². The lowest BCUT2D eigenvalue weighted by Gasteiger charge is -2.27. The maximum Gasteiger partial charge on any atom is 0.127 e. The van der Waals surface area contributed by atoms with Crippen molar-refractivity contribution in [2.75, 3.05) is 12.8 Å². The molecular weight excluding hydrogens is 567 g/mol. The van der Waals surface area contributed by atoms with Crippen LogP contribution in [0.15, 0.2) is 153 Å². The molecule has 0 aromatic heterocycles. The van der Waals surface area contributed by atoms with Gasteiger partial charge in [0.05, 0.1) is 12.8 Å². The van der Waals surface area contributed by atoms with Crippen LogP contribution in [0.4, 0.5) is 0 Å². The number of hydrogen-bond acceptors (Lipinski definition) is 2. The Morgan fingerprint density at radius 1 is 0.600 bits per heavy atom. The van der Waals surface area contributed by atoms with Gasteiger partial charge in [0.2, 0.25) is 0 Å². The van der Waals surface area contributed by atoms with Gasteiger partial charge in [0.1, 0.15) is 34.7 Å². The van der Waals surface area contributed by atoms with E-state index in [0.29, 0.717) is 18.8 Å². The van der Waals surface area contributed by atoms with E-state index >= 15 is 0 Å². The van der Waals surface area contributed by atoms with Gasteiger partial charge >= 0.3 is 0 Å². The first-order valence-corrected chi connectivity index (χ1v) is 18.0. The summed E-state index contributed by atoms with van der Waals surface area (Å²) < 4.78 is 6.41. The van der Waals surface area contributed by atoms with Crippen molar-refractivity contribution in [1.29, 1.82) is 0 Å². The van der Waals surface area contributed by atoms with Gasteiger partial charge in [0, 0.05) is 5.56 Å². The van der Waals surface area contributed by atoms with E-state index < -0.39 is 7.26 Å². The number of allylic oxidation sites excluding steroid dienone is 2. The molecule has 0 spiro atoms. The fourth-order valence-electron chi connectivity index (χ4n) is 6.16. The molecule has 5 rings (SSSR count). The third-order valence-electron chi connectivity index (χ3n) is 8.42. The van der Waals surface area contributed by atoms with Crippen LogP contribution in [0.2, 0.25) is 0 Å². The van der Waals surface area contributed by atoms with Gasteiger partial charge in [-0.25, -0.2) is 0 Å². The van der Waals surface area contributed by atoms with Crippen molar-refractivity contribution >= 4 is 23.2 Å². The molecule has 45 heavy (non-hydrogen) atoms. The summed E-state index contributed by atoms with van der Waals surface area (Å²) in [6.07, 6.45) is 10.7. The molecule has 0 aliphatic rings. The van der Waals surface area contributed by atoms with Crippen molar-refractivity contribution in [3.63, 3.8) is 0 Å². The second-order valence-corrected chi connectivity index (χ2v) is 15.1. The molecule has 228 valence electrons. The van der Waals surface area contributed by atoms with Crippen LogP contribution in [0.5, 0.6) is 11.5 Å². The molecule has 0 amide bonds. The van der Waals surface area contributed by atoms with E-state index in [1.54, 1.807) is 6.07 Å². The Hall–Kier alpha value is -4.39. The average Bonchev–Trinajstić information content (AvgIpc) is 3.09. The number of phenolic OH excluding ortho intramolecular Hbond substituents is 1. The predicted octanol–water partition coefficient (Wildman–Crippen LogP) is 9.45. The molecule has 1 N–H and O–H groups in total. The van der Waals surface area contributed by atoms with E-state index in [9.17, 15) is 5.11 Å². The minimum Gasteiger partial charge on any atom is -0.508 e. The zero-order chi connectivity index (χ0) is 31.3. The average molecular weight is 612 g/mol. The van der Waals surface area contributed by atoms with Crippen LogP contribution in [0, 0.1) is 0 Å². The van der Waals surface area contributed by atoms with Gasteiger partial charge in [-0.1, -0.05) is 78.9 Å². The van der Waals surface area contributed by atoms with E-state index in [1.165, 1.54) is 21.5 Å². The molecule has 0 fully saturated rings. The highest BCUT2D eigenvalue weighted by atomic mass is 31.2. The normalized spacial score (nSPS) is 11.2. The van der Waals surface area contributed by atoms with Crippen LogP contribution >= 0.6 is 7.26 Å². The molecule has 0 saturated heterocycles. The van der Waals surface area contributed by atoms with Crippen LogP contribution < -0.4 is 20.7 Å². The predicted molar refractivity (Wildman–Crippen MR) is 195 cm³/mol. The number of benzene rings is 5. The van der Waals surface area contributed by atoms with Gasteiger partial charge < -0.3 is 9.84 Å². The lowest BCUT2D eigenvalue weighted by Crippen LogP contribution is -2.33. The second kappa shape index (κ2) is 16.1. The SMILES string of the molecule is C=CCc1ccc(OCCCCCC[P+](c2ccccc2)(c2ccccc2)c2ccccc2)c(-c2ccc(O)c(CC=C)c2)c1. The summed E-state index contributed by atoms with van der Waals surface area (Å²) in [4.78, 5) is 0. The molecule has 0 atom stereocenters. The first-order valence-electron chi connectivity index (χ1n) is 16.0. The van der Waals surface area contributed by atoms with Crippen LogP contribution in [-0.2, 0) is 12.8 Å². The summed E-state index contributed by atoms with van der Waals surface area (Å²) in [6.45, 7) is 8.42. The van der Waals surface area contributed by atoms with Crippen molar-refractivity contribution in [2.24, 2.45) is 0 Å². The molecule has 0 saturated carbocycles. The molecule has 0 heterocycles. The fourth-order valence-corrected chi connectivity index (χ4v) is 10.6. The summed E-state index contributed by atoms with van der Waals surface area (Å²) in [5.41, 5.74) is 4.13. The van der Waals surface area contributed by atoms with Gasteiger partial charge in [-0.15, -0.1) is 13.2 Å². The van der Waals surface area contributed by atoms with Gasteiger partial charge in [0.25, 0.3) is 0 Å². The van der Waals surface area contributed by atoms with Crippen LogP contribution in [0.25, 0.3) is 11.1 Å². The van der Waals surface area contributed by atoms with Crippen LogP contribution in [0.3, 0.4) is 0 Å². The first kappa shape index (κ1) is 32.0. The summed E-state index contributed by atoms with van der Waals surface area (Å²) in [7, 11) is -1.78. The molecule has 3 heteroatoms. The van der Waals surface area contributed by atoms with E-state index in [4.69, 9.17) is 4.74 Å². The standard InChI is InChI=1S/C42H43O2P/c1-3-18-34-26-29-42(40(32-34)35-27-28-41(43)36(33-35)19-4-2)44-30-16-5-6-17-31-45(37-20-10-7-11-21-37,38-22-12-8-13-23-38)39-24-14-9-15-25-39/h3-4,7-15,20-29,32-33H,1-2,5-6,16-19,30-31H2/p+1. The molecule has 5 aromatic carbocycles. The van der Waals surface area contributed by atoms with E-state index in [2.05, 4.69) is 122 Å². The molecule has 2 nitrogen and oxygen atoms in total. The van der Waals surface area contributed by atoms with Crippen molar-refractivity contribution < 1.29 is 9.84 Å². The zero-order valence-corrected chi connectivity index (χ0v) is 27.0. The number of phenols is 1. The van der Waals surface area contributed by atoms with Gasteiger partial charge in [0.15, 0.2) is 0 Å². The minimum atomic E-state index is -1.78. The Kier molecular flexibility index (Phi) is 11.4. The van der Waals surface area contributed by atoms with Crippen molar-refractivity contribution in [2.45, 2.75) is 38.5 Å². The quantitative estimate of drug-likeness (QED) is 0.0684. The second-order valence-electron chi connectivity index (χ2n) is 11.5. The van der Waals surface area contributed by atoms with Gasteiger partial charge in [-0.3, -0.25) is 0 Å². The van der Waals surface area contributed by atoms with Gasteiger partial charge in [-0.2, -0.15) is 0 Å². The molecule has 0 aliphatic heterocycles.